The largest absolute Gasteiger partial charge is 0.497 e. The molecule has 0 spiro atoms. The maximum atomic E-state index is 10.3. The van der Waals surface area contributed by atoms with Gasteiger partial charge in [0.1, 0.15) is 24.7 Å². The lowest BCUT2D eigenvalue weighted by molar-refractivity contribution is -0.142. The first-order valence-corrected chi connectivity index (χ1v) is 5.98. The second kappa shape index (κ2) is 6.71. The molecule has 1 aromatic heterocycles. The van der Waals surface area contributed by atoms with Crippen molar-refractivity contribution in [3.63, 3.8) is 0 Å². The number of hydrogen-bond donors (Lipinski definition) is 1. The van der Waals surface area contributed by atoms with E-state index in [-0.39, 0.29) is 12.5 Å². The number of carbonyl (C=O) groups is 1. The van der Waals surface area contributed by atoms with Gasteiger partial charge in [-0.05, 0) is 12.1 Å². The minimum Gasteiger partial charge on any atom is -0.497 e. The molecule has 0 aliphatic carbocycles. The van der Waals surface area contributed by atoms with E-state index >= 15 is 0 Å². The van der Waals surface area contributed by atoms with E-state index in [1.165, 1.54) is 0 Å². The third-order valence-electron chi connectivity index (χ3n) is 2.53. The van der Waals surface area contributed by atoms with E-state index < -0.39 is 12.6 Å². The monoisotopic (exact) mass is 294 g/mol. The smallest absolute Gasteiger partial charge is 0.329 e. The minimum absolute atomic E-state index is 0.0690. The highest BCUT2D eigenvalue weighted by atomic mass is 16.5. The minimum atomic E-state index is -1.06. The molecule has 21 heavy (non-hydrogen) atoms. The molecule has 0 radical (unpaired) electrons. The van der Waals surface area contributed by atoms with Crippen molar-refractivity contribution in [3.8, 4) is 22.9 Å². The third-order valence-corrected chi connectivity index (χ3v) is 2.53. The van der Waals surface area contributed by atoms with Gasteiger partial charge < -0.3 is 23.8 Å². The van der Waals surface area contributed by atoms with Gasteiger partial charge in [-0.3, -0.25) is 0 Å². The summed E-state index contributed by atoms with van der Waals surface area (Å²) in [5, 5.41) is 12.3. The molecule has 2 aromatic rings. The van der Waals surface area contributed by atoms with Crippen LogP contribution < -0.4 is 9.47 Å². The van der Waals surface area contributed by atoms with E-state index in [0.717, 1.165) is 0 Å². The number of carboxylic acids is 1. The quantitative estimate of drug-likeness (QED) is 0.816. The predicted octanol–water partition coefficient (Wildman–Crippen LogP) is 1.35. The summed E-state index contributed by atoms with van der Waals surface area (Å²) in [6.45, 7) is -0.495. The Balaban J connectivity index is 2.15. The summed E-state index contributed by atoms with van der Waals surface area (Å²) in [6.07, 6.45) is 0. The highest BCUT2D eigenvalue weighted by Crippen LogP contribution is 2.28. The molecule has 0 aliphatic rings. The van der Waals surface area contributed by atoms with Gasteiger partial charge in [-0.15, -0.1) is 0 Å². The molecule has 0 saturated heterocycles. The van der Waals surface area contributed by atoms with Gasteiger partial charge in [0.2, 0.25) is 5.82 Å². The van der Waals surface area contributed by atoms with Crippen molar-refractivity contribution in [2.45, 2.75) is 6.61 Å². The molecule has 0 bridgehead atoms. The van der Waals surface area contributed by atoms with Crippen LogP contribution in [0.4, 0.5) is 0 Å². The summed E-state index contributed by atoms with van der Waals surface area (Å²) in [4.78, 5) is 14.5. The average Bonchev–Trinajstić information content (AvgIpc) is 2.95. The van der Waals surface area contributed by atoms with Crippen molar-refractivity contribution in [1.82, 2.24) is 10.1 Å². The lowest BCUT2D eigenvalue weighted by Gasteiger charge is -2.05. The van der Waals surface area contributed by atoms with Crippen LogP contribution in [0, 0.1) is 0 Å². The SMILES string of the molecule is COc1cc(OC)cc(-c2noc(COCC(=O)O)n2)c1. The van der Waals surface area contributed by atoms with E-state index in [0.29, 0.717) is 22.9 Å². The first-order valence-electron chi connectivity index (χ1n) is 5.98. The van der Waals surface area contributed by atoms with Crippen molar-refractivity contribution in [3.05, 3.63) is 24.1 Å². The Morgan fingerprint density at radius 1 is 1.24 bits per heavy atom. The fraction of sp³-hybridized carbons (Fsp3) is 0.308. The summed E-state index contributed by atoms with van der Waals surface area (Å²) in [5.74, 6) is 0.650. The molecule has 0 aliphatic heterocycles. The number of aromatic nitrogens is 2. The van der Waals surface area contributed by atoms with Crippen LogP contribution >= 0.6 is 0 Å². The van der Waals surface area contributed by atoms with Crippen LogP contribution in [0.5, 0.6) is 11.5 Å². The van der Waals surface area contributed by atoms with Crippen molar-refractivity contribution in [2.24, 2.45) is 0 Å². The zero-order valence-corrected chi connectivity index (χ0v) is 11.5. The fourth-order valence-corrected chi connectivity index (χ4v) is 1.59. The number of benzene rings is 1. The van der Waals surface area contributed by atoms with E-state index in [4.69, 9.17) is 23.8 Å². The zero-order valence-electron chi connectivity index (χ0n) is 11.5. The number of hydrogen-bond acceptors (Lipinski definition) is 7. The van der Waals surface area contributed by atoms with Gasteiger partial charge in [-0.1, -0.05) is 5.16 Å². The molecule has 8 nitrogen and oxygen atoms in total. The number of ether oxygens (including phenoxy) is 3. The lowest BCUT2D eigenvalue weighted by atomic mass is 10.2. The number of rotatable bonds is 7. The van der Waals surface area contributed by atoms with Crippen molar-refractivity contribution >= 4 is 5.97 Å². The number of methoxy groups -OCH3 is 2. The van der Waals surface area contributed by atoms with Gasteiger partial charge >= 0.3 is 5.97 Å². The summed E-state index contributed by atoms with van der Waals surface area (Å²) in [7, 11) is 3.08. The molecule has 0 atom stereocenters. The highest BCUT2D eigenvalue weighted by Gasteiger charge is 2.12. The molecule has 112 valence electrons. The number of aliphatic carboxylic acids is 1. The second-order valence-electron chi connectivity index (χ2n) is 4.00. The summed E-state index contributed by atoms with van der Waals surface area (Å²) >= 11 is 0. The summed E-state index contributed by atoms with van der Waals surface area (Å²) in [5.41, 5.74) is 0.652. The third kappa shape index (κ3) is 3.93. The van der Waals surface area contributed by atoms with Gasteiger partial charge in [0.05, 0.1) is 14.2 Å². The van der Waals surface area contributed by atoms with Crippen LogP contribution in [0.1, 0.15) is 5.89 Å². The second-order valence-corrected chi connectivity index (χ2v) is 4.00. The van der Waals surface area contributed by atoms with E-state index in [2.05, 4.69) is 10.1 Å². The van der Waals surface area contributed by atoms with E-state index in [1.807, 2.05) is 0 Å². The predicted molar refractivity (Wildman–Crippen MR) is 70.1 cm³/mol. The standard InChI is InChI=1S/C13H14N2O6/c1-18-9-3-8(4-10(5-9)19-2)13-14-11(21-15-13)6-20-7-12(16)17/h3-5H,6-7H2,1-2H3,(H,16,17). The van der Waals surface area contributed by atoms with Gasteiger partial charge in [-0.2, -0.15) is 4.98 Å². The Morgan fingerprint density at radius 2 is 1.90 bits per heavy atom. The summed E-state index contributed by atoms with van der Waals surface area (Å²) in [6, 6.07) is 5.19. The maximum Gasteiger partial charge on any atom is 0.329 e. The van der Waals surface area contributed by atoms with Crippen LogP contribution in [0.15, 0.2) is 22.7 Å². The first kappa shape index (κ1) is 14.8. The van der Waals surface area contributed by atoms with Crippen molar-refractivity contribution in [1.29, 1.82) is 0 Å². The van der Waals surface area contributed by atoms with Crippen LogP contribution in [0.25, 0.3) is 11.4 Å². The van der Waals surface area contributed by atoms with Crippen molar-refractivity contribution < 1.29 is 28.6 Å². The van der Waals surface area contributed by atoms with Crippen LogP contribution in [-0.4, -0.2) is 42.0 Å². The van der Waals surface area contributed by atoms with E-state index in [9.17, 15) is 4.79 Å². The van der Waals surface area contributed by atoms with E-state index in [1.54, 1.807) is 32.4 Å². The normalized spacial score (nSPS) is 10.4. The zero-order chi connectivity index (χ0) is 15.2. The topological polar surface area (TPSA) is 104 Å². The van der Waals surface area contributed by atoms with Gasteiger partial charge in [0.15, 0.2) is 0 Å². The average molecular weight is 294 g/mol. The molecule has 0 unspecified atom stereocenters. The van der Waals surface area contributed by atoms with Crippen LogP contribution in [0.3, 0.4) is 0 Å². The fourth-order valence-electron chi connectivity index (χ4n) is 1.59. The molecular weight excluding hydrogens is 280 g/mol. The van der Waals surface area contributed by atoms with Crippen molar-refractivity contribution in [2.75, 3.05) is 20.8 Å². The Labute approximate surface area is 120 Å². The molecule has 0 fully saturated rings. The molecule has 8 heteroatoms. The molecule has 2 rings (SSSR count). The summed E-state index contributed by atoms with van der Waals surface area (Å²) < 4.78 is 20.2. The highest BCUT2D eigenvalue weighted by molar-refractivity contribution is 5.68. The molecular formula is C13H14N2O6. The maximum absolute atomic E-state index is 10.3. The number of carboxylic acid groups (broad SMARTS) is 1. The van der Waals surface area contributed by atoms with Crippen LogP contribution in [0.2, 0.25) is 0 Å². The Morgan fingerprint density at radius 3 is 2.48 bits per heavy atom. The Kier molecular flexibility index (Phi) is 4.72. The first-order chi connectivity index (χ1) is 10.1. The number of nitrogens with zero attached hydrogens (tertiary/aromatic N) is 2. The molecule has 0 saturated carbocycles. The molecule has 1 N–H and O–H groups in total. The van der Waals surface area contributed by atoms with Gasteiger partial charge in [0, 0.05) is 11.6 Å². The molecule has 0 amide bonds. The van der Waals surface area contributed by atoms with Gasteiger partial charge in [-0.25, -0.2) is 4.79 Å². The Hall–Kier alpha value is -2.61. The van der Waals surface area contributed by atoms with Gasteiger partial charge in [0.25, 0.3) is 5.89 Å². The van der Waals surface area contributed by atoms with Crippen LogP contribution in [-0.2, 0) is 16.1 Å². The molecule has 1 aromatic carbocycles. The Bertz CT molecular complexity index is 603. The molecule has 1 heterocycles. The lowest BCUT2D eigenvalue weighted by Crippen LogP contribution is -2.06.